The van der Waals surface area contributed by atoms with E-state index in [2.05, 4.69) is 13.8 Å². The molecule has 19 heavy (non-hydrogen) atoms. The lowest BCUT2D eigenvalue weighted by Gasteiger charge is -2.11. The molecule has 2 nitrogen and oxygen atoms in total. The van der Waals surface area contributed by atoms with Crippen LogP contribution in [0.15, 0.2) is 0 Å². The lowest BCUT2D eigenvalue weighted by molar-refractivity contribution is -0.136. The Morgan fingerprint density at radius 3 is 1.95 bits per heavy atom. The molecule has 0 fully saturated rings. The fourth-order valence-electron chi connectivity index (χ4n) is 2.14. The second kappa shape index (κ2) is 14.2. The van der Waals surface area contributed by atoms with E-state index in [1.54, 1.807) is 11.8 Å². The van der Waals surface area contributed by atoms with Crippen LogP contribution in [0.5, 0.6) is 0 Å². The van der Waals surface area contributed by atoms with E-state index in [0.717, 1.165) is 18.6 Å². The third kappa shape index (κ3) is 12.6. The summed E-state index contributed by atoms with van der Waals surface area (Å²) in [6, 6.07) is 0. The molecule has 0 rings (SSSR count). The molecule has 1 N–H and O–H groups in total. The molecular formula is C16H32O2S. The first-order chi connectivity index (χ1) is 9.22. The first-order valence-corrected chi connectivity index (χ1v) is 9.11. The van der Waals surface area contributed by atoms with Crippen molar-refractivity contribution < 1.29 is 9.90 Å². The van der Waals surface area contributed by atoms with Crippen LogP contribution < -0.4 is 0 Å². The van der Waals surface area contributed by atoms with Crippen molar-refractivity contribution in [2.45, 2.75) is 89.7 Å². The summed E-state index contributed by atoms with van der Waals surface area (Å²) in [7, 11) is 0. The van der Waals surface area contributed by atoms with Crippen molar-refractivity contribution in [1.29, 1.82) is 0 Å². The zero-order chi connectivity index (χ0) is 14.3. The number of unbranched alkanes of at least 4 members (excludes halogenated alkanes) is 8. The standard InChI is InChI=1S/C16H32O2S/c1-3-5-7-9-11-13-15(16(17)18)19-14-12-10-8-6-4-2/h15H,3-14H2,1-2H3,(H,17,18). The molecule has 0 aliphatic heterocycles. The van der Waals surface area contributed by atoms with Gasteiger partial charge in [-0.15, -0.1) is 11.8 Å². The lowest BCUT2D eigenvalue weighted by atomic mass is 10.1. The summed E-state index contributed by atoms with van der Waals surface area (Å²) in [4.78, 5) is 11.2. The Labute approximate surface area is 123 Å². The average molecular weight is 288 g/mol. The highest BCUT2D eigenvalue weighted by molar-refractivity contribution is 8.00. The van der Waals surface area contributed by atoms with E-state index in [1.807, 2.05) is 0 Å². The van der Waals surface area contributed by atoms with Crippen molar-refractivity contribution in [2.75, 3.05) is 5.75 Å². The van der Waals surface area contributed by atoms with Crippen molar-refractivity contribution in [1.82, 2.24) is 0 Å². The molecule has 0 aromatic heterocycles. The van der Waals surface area contributed by atoms with Gasteiger partial charge in [0.2, 0.25) is 0 Å². The summed E-state index contributed by atoms with van der Waals surface area (Å²) < 4.78 is 0. The van der Waals surface area contributed by atoms with Crippen molar-refractivity contribution in [3.8, 4) is 0 Å². The first kappa shape index (κ1) is 18.8. The van der Waals surface area contributed by atoms with Gasteiger partial charge in [0.15, 0.2) is 0 Å². The highest BCUT2D eigenvalue weighted by Crippen LogP contribution is 2.20. The van der Waals surface area contributed by atoms with Crippen LogP contribution in [0, 0.1) is 0 Å². The van der Waals surface area contributed by atoms with Crippen LogP contribution in [0.4, 0.5) is 0 Å². The Kier molecular flexibility index (Phi) is 14.1. The van der Waals surface area contributed by atoms with Crippen LogP contribution in [0.25, 0.3) is 0 Å². The minimum atomic E-state index is -0.617. The summed E-state index contributed by atoms with van der Waals surface area (Å²) in [6.07, 6.45) is 13.2. The van der Waals surface area contributed by atoms with Gasteiger partial charge in [-0.1, -0.05) is 71.6 Å². The maximum Gasteiger partial charge on any atom is 0.316 e. The number of thioether (sulfide) groups is 1. The molecular weight excluding hydrogens is 256 g/mol. The van der Waals surface area contributed by atoms with Crippen LogP contribution in [0.1, 0.15) is 84.5 Å². The zero-order valence-electron chi connectivity index (χ0n) is 12.8. The van der Waals surface area contributed by atoms with Gasteiger partial charge in [0.05, 0.1) is 0 Å². The highest BCUT2D eigenvalue weighted by atomic mass is 32.2. The van der Waals surface area contributed by atoms with Gasteiger partial charge < -0.3 is 5.11 Å². The first-order valence-electron chi connectivity index (χ1n) is 8.06. The van der Waals surface area contributed by atoms with Crippen LogP contribution >= 0.6 is 11.8 Å². The zero-order valence-corrected chi connectivity index (χ0v) is 13.6. The predicted octanol–water partition coefficient (Wildman–Crippen LogP) is 5.50. The second-order valence-corrected chi connectivity index (χ2v) is 6.63. The van der Waals surface area contributed by atoms with Crippen molar-refractivity contribution in [3.63, 3.8) is 0 Å². The SMILES string of the molecule is CCCCCCCSC(CCCCCCC)C(=O)O. The van der Waals surface area contributed by atoms with Crippen LogP contribution in [0.3, 0.4) is 0 Å². The number of hydrogen-bond acceptors (Lipinski definition) is 2. The van der Waals surface area contributed by atoms with E-state index >= 15 is 0 Å². The minimum absolute atomic E-state index is 0.173. The third-order valence-electron chi connectivity index (χ3n) is 3.41. The monoisotopic (exact) mass is 288 g/mol. The molecule has 0 aliphatic rings. The normalized spacial score (nSPS) is 12.5. The van der Waals surface area contributed by atoms with Gasteiger partial charge in [-0.2, -0.15) is 0 Å². The molecule has 0 saturated carbocycles. The van der Waals surface area contributed by atoms with Crippen LogP contribution in [-0.2, 0) is 4.79 Å². The summed E-state index contributed by atoms with van der Waals surface area (Å²) >= 11 is 1.65. The van der Waals surface area contributed by atoms with Gasteiger partial charge in [-0.25, -0.2) is 0 Å². The number of carbonyl (C=O) groups is 1. The van der Waals surface area contributed by atoms with E-state index in [-0.39, 0.29) is 5.25 Å². The Bertz CT molecular complexity index is 207. The summed E-state index contributed by atoms with van der Waals surface area (Å²) in [5, 5.41) is 9.02. The number of hydrogen-bond donors (Lipinski definition) is 1. The number of rotatable bonds is 14. The smallest absolute Gasteiger partial charge is 0.316 e. The van der Waals surface area contributed by atoms with E-state index < -0.39 is 5.97 Å². The number of aliphatic carboxylic acids is 1. The summed E-state index contributed by atoms with van der Waals surface area (Å²) in [5.41, 5.74) is 0. The molecule has 0 aromatic carbocycles. The maximum atomic E-state index is 11.2. The van der Waals surface area contributed by atoms with Crippen molar-refractivity contribution in [3.05, 3.63) is 0 Å². The summed E-state index contributed by atoms with van der Waals surface area (Å²) in [5.74, 6) is 0.393. The molecule has 0 aromatic rings. The number of carboxylic acids is 1. The molecule has 0 heterocycles. The Morgan fingerprint density at radius 1 is 0.895 bits per heavy atom. The predicted molar refractivity (Wildman–Crippen MR) is 86.0 cm³/mol. The molecule has 1 atom stereocenters. The molecule has 0 radical (unpaired) electrons. The quantitative estimate of drug-likeness (QED) is 0.429. The molecule has 0 spiro atoms. The molecule has 114 valence electrons. The fraction of sp³-hybridized carbons (Fsp3) is 0.938. The van der Waals surface area contributed by atoms with E-state index in [0.29, 0.717) is 0 Å². The van der Waals surface area contributed by atoms with Crippen LogP contribution in [-0.4, -0.2) is 22.1 Å². The maximum absolute atomic E-state index is 11.2. The van der Waals surface area contributed by atoms with E-state index in [4.69, 9.17) is 0 Å². The second-order valence-electron chi connectivity index (χ2n) is 5.31. The molecule has 0 aliphatic carbocycles. The largest absolute Gasteiger partial charge is 0.480 e. The molecule has 3 heteroatoms. The van der Waals surface area contributed by atoms with Gasteiger partial charge in [0, 0.05) is 0 Å². The fourth-order valence-corrected chi connectivity index (χ4v) is 3.27. The van der Waals surface area contributed by atoms with Gasteiger partial charge in [0.1, 0.15) is 5.25 Å². The van der Waals surface area contributed by atoms with E-state index in [9.17, 15) is 9.90 Å². The Morgan fingerprint density at radius 2 is 1.42 bits per heavy atom. The minimum Gasteiger partial charge on any atom is -0.480 e. The molecule has 0 bridgehead atoms. The van der Waals surface area contributed by atoms with Crippen molar-refractivity contribution in [2.24, 2.45) is 0 Å². The Balaban J connectivity index is 3.54. The highest BCUT2D eigenvalue weighted by Gasteiger charge is 2.16. The lowest BCUT2D eigenvalue weighted by Crippen LogP contribution is -2.16. The summed E-state index contributed by atoms with van der Waals surface area (Å²) in [6.45, 7) is 4.42. The van der Waals surface area contributed by atoms with Crippen LogP contribution in [0.2, 0.25) is 0 Å². The van der Waals surface area contributed by atoms with E-state index in [1.165, 1.54) is 57.8 Å². The van der Waals surface area contributed by atoms with Gasteiger partial charge in [-0.05, 0) is 18.6 Å². The Hall–Kier alpha value is -0.180. The topological polar surface area (TPSA) is 37.3 Å². The number of carboxylic acid groups (broad SMARTS) is 1. The average Bonchev–Trinajstić information content (AvgIpc) is 2.39. The van der Waals surface area contributed by atoms with Gasteiger partial charge >= 0.3 is 5.97 Å². The van der Waals surface area contributed by atoms with Gasteiger partial charge in [-0.3, -0.25) is 4.79 Å². The molecule has 0 amide bonds. The molecule has 0 saturated heterocycles. The van der Waals surface area contributed by atoms with Crippen molar-refractivity contribution >= 4 is 17.7 Å². The van der Waals surface area contributed by atoms with Gasteiger partial charge in [0.25, 0.3) is 0 Å². The molecule has 1 unspecified atom stereocenters. The third-order valence-corrected chi connectivity index (χ3v) is 4.78.